The molecule has 18 heavy (non-hydrogen) atoms. The summed E-state index contributed by atoms with van der Waals surface area (Å²) in [6.07, 6.45) is 0.980. The van der Waals surface area contributed by atoms with E-state index in [0.29, 0.717) is 0 Å². The molecule has 1 heterocycles. The first-order valence-electron chi connectivity index (χ1n) is 6.46. The summed E-state index contributed by atoms with van der Waals surface area (Å²) >= 11 is 0. The highest BCUT2D eigenvalue weighted by atomic mass is 15.2. The molecule has 0 bridgehead atoms. The van der Waals surface area contributed by atoms with Crippen LogP contribution in [0.4, 0.5) is 0 Å². The fraction of sp³-hybridized carbons (Fsp3) is 0.500. The molecule has 0 aliphatic carbocycles. The van der Waals surface area contributed by atoms with E-state index >= 15 is 0 Å². The highest BCUT2D eigenvalue weighted by Gasteiger charge is 2.12. The van der Waals surface area contributed by atoms with Crippen molar-refractivity contribution in [3.63, 3.8) is 0 Å². The van der Waals surface area contributed by atoms with Crippen LogP contribution < -0.4 is 5.73 Å². The van der Waals surface area contributed by atoms with Gasteiger partial charge in [-0.2, -0.15) is 0 Å². The number of nitrogens with two attached hydrogens (primary N) is 1. The molecule has 0 saturated heterocycles. The van der Waals surface area contributed by atoms with Crippen molar-refractivity contribution < 1.29 is 0 Å². The fourth-order valence-corrected chi connectivity index (χ4v) is 2.10. The van der Waals surface area contributed by atoms with Crippen LogP contribution in [0.3, 0.4) is 0 Å². The van der Waals surface area contributed by atoms with Gasteiger partial charge in [0.25, 0.3) is 0 Å². The lowest BCUT2D eigenvalue weighted by molar-refractivity contribution is 0.377. The molecule has 4 nitrogen and oxygen atoms in total. The minimum Gasteiger partial charge on any atom is -0.326 e. The van der Waals surface area contributed by atoms with Crippen molar-refractivity contribution in [2.45, 2.75) is 32.5 Å². The number of hydrogen-bond donors (Lipinski definition) is 1. The van der Waals surface area contributed by atoms with Crippen LogP contribution in [0.5, 0.6) is 0 Å². The second kappa shape index (κ2) is 5.50. The third-order valence-corrected chi connectivity index (χ3v) is 3.13. The van der Waals surface area contributed by atoms with Gasteiger partial charge in [-0.15, -0.1) is 0 Å². The topological polar surface area (TPSA) is 47.1 Å². The van der Waals surface area contributed by atoms with E-state index in [1.165, 1.54) is 5.52 Å². The van der Waals surface area contributed by atoms with Gasteiger partial charge >= 0.3 is 0 Å². The highest BCUT2D eigenvalue weighted by molar-refractivity contribution is 5.75. The summed E-state index contributed by atoms with van der Waals surface area (Å²) in [4.78, 5) is 6.84. The van der Waals surface area contributed by atoms with Crippen molar-refractivity contribution in [2.75, 3.05) is 14.1 Å². The molecule has 2 aromatic rings. The van der Waals surface area contributed by atoms with E-state index in [4.69, 9.17) is 10.7 Å². The molecule has 1 atom stereocenters. The third-order valence-electron chi connectivity index (χ3n) is 3.13. The molecule has 0 spiro atoms. The van der Waals surface area contributed by atoms with Gasteiger partial charge in [-0.25, -0.2) is 4.98 Å². The quantitative estimate of drug-likeness (QED) is 0.875. The van der Waals surface area contributed by atoms with Crippen molar-refractivity contribution in [1.29, 1.82) is 0 Å². The van der Waals surface area contributed by atoms with Crippen LogP contribution in [-0.2, 0) is 13.1 Å². The van der Waals surface area contributed by atoms with Crippen molar-refractivity contribution in [1.82, 2.24) is 14.5 Å². The predicted octanol–water partition coefficient (Wildman–Crippen LogP) is 1.84. The molecule has 2 N–H and O–H groups in total. The molecule has 2 rings (SSSR count). The lowest BCUT2D eigenvalue weighted by Crippen LogP contribution is -2.27. The Kier molecular flexibility index (Phi) is 3.99. The zero-order valence-corrected chi connectivity index (χ0v) is 11.4. The average molecular weight is 246 g/mol. The zero-order chi connectivity index (χ0) is 13.1. The minimum atomic E-state index is 0.184. The van der Waals surface area contributed by atoms with Gasteiger partial charge in [0, 0.05) is 12.6 Å². The SMILES string of the molecule is CCC(N)Cn1c(CN(C)C)nc2ccccc21. The molecule has 0 radical (unpaired) electrons. The second-order valence-corrected chi connectivity index (χ2v) is 5.03. The monoisotopic (exact) mass is 246 g/mol. The van der Waals surface area contributed by atoms with Crippen LogP contribution in [0.15, 0.2) is 24.3 Å². The van der Waals surface area contributed by atoms with Crippen LogP contribution in [-0.4, -0.2) is 34.6 Å². The standard InChI is InChI=1S/C14H22N4/c1-4-11(15)9-18-13-8-6-5-7-12(13)16-14(18)10-17(2)3/h5-8,11H,4,9-10,15H2,1-3H3. The molecule has 1 aromatic heterocycles. The summed E-state index contributed by atoms with van der Waals surface area (Å²) in [5.41, 5.74) is 8.32. The summed E-state index contributed by atoms with van der Waals surface area (Å²) < 4.78 is 2.25. The maximum absolute atomic E-state index is 6.09. The van der Waals surface area contributed by atoms with Crippen LogP contribution >= 0.6 is 0 Å². The van der Waals surface area contributed by atoms with E-state index in [1.807, 2.05) is 6.07 Å². The van der Waals surface area contributed by atoms with Gasteiger partial charge in [0.2, 0.25) is 0 Å². The Hall–Kier alpha value is -1.39. The number of imidazole rings is 1. The highest BCUT2D eigenvalue weighted by Crippen LogP contribution is 2.17. The summed E-state index contributed by atoms with van der Waals surface area (Å²) in [7, 11) is 4.12. The number of benzene rings is 1. The van der Waals surface area contributed by atoms with E-state index < -0.39 is 0 Å². The maximum atomic E-state index is 6.09. The van der Waals surface area contributed by atoms with Gasteiger partial charge in [-0.05, 0) is 32.6 Å². The Morgan fingerprint density at radius 3 is 2.72 bits per heavy atom. The molecule has 0 fully saturated rings. The van der Waals surface area contributed by atoms with Crippen molar-refractivity contribution in [3.05, 3.63) is 30.1 Å². The summed E-state index contributed by atoms with van der Waals surface area (Å²) in [6, 6.07) is 8.44. The molecule has 1 aromatic carbocycles. The Morgan fingerprint density at radius 1 is 1.33 bits per heavy atom. The lowest BCUT2D eigenvalue weighted by atomic mass is 10.2. The summed E-state index contributed by atoms with van der Waals surface area (Å²) in [5, 5.41) is 0. The summed E-state index contributed by atoms with van der Waals surface area (Å²) in [5.74, 6) is 1.09. The van der Waals surface area contributed by atoms with E-state index in [2.05, 4.69) is 48.7 Å². The number of nitrogens with zero attached hydrogens (tertiary/aromatic N) is 3. The maximum Gasteiger partial charge on any atom is 0.124 e. The van der Waals surface area contributed by atoms with Crippen LogP contribution in [0.25, 0.3) is 11.0 Å². The lowest BCUT2D eigenvalue weighted by Gasteiger charge is -2.16. The molecule has 1 unspecified atom stereocenters. The third kappa shape index (κ3) is 2.71. The molecular formula is C14H22N4. The molecule has 98 valence electrons. The fourth-order valence-electron chi connectivity index (χ4n) is 2.10. The van der Waals surface area contributed by atoms with Gasteiger partial charge in [-0.3, -0.25) is 0 Å². The van der Waals surface area contributed by atoms with Gasteiger partial charge in [0.05, 0.1) is 17.6 Å². The molecule has 0 saturated carbocycles. The Balaban J connectivity index is 2.43. The molecule has 4 heteroatoms. The number of rotatable bonds is 5. The molecular weight excluding hydrogens is 224 g/mol. The normalized spacial score (nSPS) is 13.4. The number of aromatic nitrogens is 2. The first kappa shape index (κ1) is 13.1. The average Bonchev–Trinajstić information content (AvgIpc) is 2.66. The number of fused-ring (bicyclic) bond motifs is 1. The van der Waals surface area contributed by atoms with E-state index in [1.54, 1.807) is 0 Å². The molecule has 0 amide bonds. The zero-order valence-electron chi connectivity index (χ0n) is 11.4. The van der Waals surface area contributed by atoms with Crippen molar-refractivity contribution >= 4 is 11.0 Å². The van der Waals surface area contributed by atoms with Crippen LogP contribution in [0, 0.1) is 0 Å². The Bertz CT molecular complexity index is 515. The van der Waals surface area contributed by atoms with Crippen LogP contribution in [0.1, 0.15) is 19.2 Å². The Labute approximate surface area is 108 Å². The van der Waals surface area contributed by atoms with Gasteiger partial charge in [-0.1, -0.05) is 19.1 Å². The minimum absolute atomic E-state index is 0.184. The Morgan fingerprint density at radius 2 is 2.06 bits per heavy atom. The van der Waals surface area contributed by atoms with Gasteiger partial charge in [0.1, 0.15) is 5.82 Å². The van der Waals surface area contributed by atoms with Gasteiger partial charge < -0.3 is 15.2 Å². The molecule has 0 aliphatic heterocycles. The van der Waals surface area contributed by atoms with E-state index in [0.717, 1.165) is 30.9 Å². The second-order valence-electron chi connectivity index (χ2n) is 5.03. The number of hydrogen-bond acceptors (Lipinski definition) is 3. The van der Waals surface area contributed by atoms with E-state index in [-0.39, 0.29) is 6.04 Å². The van der Waals surface area contributed by atoms with Crippen LogP contribution in [0.2, 0.25) is 0 Å². The first-order chi connectivity index (χ1) is 8.61. The summed E-state index contributed by atoms with van der Waals surface area (Å²) in [6.45, 7) is 3.79. The molecule has 0 aliphatic rings. The largest absolute Gasteiger partial charge is 0.326 e. The number of para-hydroxylation sites is 2. The smallest absolute Gasteiger partial charge is 0.124 e. The van der Waals surface area contributed by atoms with Crippen molar-refractivity contribution in [2.24, 2.45) is 5.73 Å². The predicted molar refractivity (Wildman–Crippen MR) is 75.4 cm³/mol. The van der Waals surface area contributed by atoms with E-state index in [9.17, 15) is 0 Å². The first-order valence-corrected chi connectivity index (χ1v) is 6.46. The van der Waals surface area contributed by atoms with Gasteiger partial charge in [0.15, 0.2) is 0 Å². The van der Waals surface area contributed by atoms with Crippen molar-refractivity contribution in [3.8, 4) is 0 Å².